The molecule has 1 aromatic heterocycles. The molecule has 0 bridgehead atoms. The molecule has 2 heterocycles. The van der Waals surface area contributed by atoms with Gasteiger partial charge in [-0.05, 0) is 55.8 Å². The van der Waals surface area contributed by atoms with Crippen LogP contribution >= 0.6 is 11.8 Å². The molecule has 2 N–H and O–H groups in total. The van der Waals surface area contributed by atoms with Crippen LogP contribution in [0.1, 0.15) is 29.0 Å². The number of phenolic OH excluding ortho intramolecular Hbond substituents is 1. The number of hydrogen-bond acceptors (Lipinski definition) is 6. The van der Waals surface area contributed by atoms with E-state index in [9.17, 15) is 9.90 Å². The monoisotopic (exact) mass is 425 g/mol. The van der Waals surface area contributed by atoms with Crippen LogP contribution in [0.2, 0.25) is 0 Å². The Kier molecular flexibility index (Phi) is 5.59. The Morgan fingerprint density at radius 3 is 2.73 bits per heavy atom. The van der Waals surface area contributed by atoms with Crippen molar-refractivity contribution < 1.29 is 19.4 Å². The van der Waals surface area contributed by atoms with E-state index < -0.39 is 0 Å². The van der Waals surface area contributed by atoms with Crippen LogP contribution in [0.15, 0.2) is 42.5 Å². The lowest BCUT2D eigenvalue weighted by Crippen LogP contribution is -2.15. The van der Waals surface area contributed by atoms with Gasteiger partial charge < -0.3 is 19.9 Å². The largest absolute Gasteiger partial charge is 0.504 e. The molecule has 1 atom stereocenters. The van der Waals surface area contributed by atoms with Crippen LogP contribution in [0.5, 0.6) is 17.2 Å². The highest BCUT2D eigenvalue weighted by Gasteiger charge is 2.31. The molecule has 1 aliphatic rings. The summed E-state index contributed by atoms with van der Waals surface area (Å²) in [5, 5.41) is 17.7. The number of fused-ring (bicyclic) bond motifs is 1. The Morgan fingerprint density at radius 2 is 2.03 bits per heavy atom. The van der Waals surface area contributed by atoms with E-state index in [1.807, 2.05) is 50.2 Å². The van der Waals surface area contributed by atoms with Crippen molar-refractivity contribution in [2.24, 2.45) is 0 Å². The lowest BCUT2D eigenvalue weighted by atomic mass is 10.0. The first-order valence-corrected chi connectivity index (χ1v) is 10.7. The van der Waals surface area contributed by atoms with E-state index in [1.54, 1.807) is 17.9 Å². The maximum Gasteiger partial charge on any atom is 0.235 e. The van der Waals surface area contributed by atoms with E-state index in [1.165, 1.54) is 11.8 Å². The average Bonchev–Trinajstić information content (AvgIpc) is 2.95. The van der Waals surface area contributed by atoms with Gasteiger partial charge in [0.05, 0.1) is 36.1 Å². The number of phenols is 1. The van der Waals surface area contributed by atoms with E-state index in [-0.39, 0.29) is 16.9 Å². The highest BCUT2D eigenvalue weighted by Crippen LogP contribution is 2.45. The molecule has 2 aromatic carbocycles. The van der Waals surface area contributed by atoms with Crippen molar-refractivity contribution in [3.8, 4) is 22.9 Å². The number of aromatic nitrogens is 2. The van der Waals surface area contributed by atoms with Gasteiger partial charge in [0, 0.05) is 5.56 Å². The van der Waals surface area contributed by atoms with Crippen molar-refractivity contribution in [2.45, 2.75) is 19.1 Å². The normalized spacial score (nSPS) is 15.8. The van der Waals surface area contributed by atoms with Crippen molar-refractivity contribution in [3.05, 3.63) is 59.3 Å². The second-order valence-corrected chi connectivity index (χ2v) is 7.95. The maximum absolute atomic E-state index is 12.5. The zero-order valence-corrected chi connectivity index (χ0v) is 17.8. The zero-order valence-electron chi connectivity index (χ0n) is 17.0. The SMILES string of the molecule is CCOc1cc([C@@H]2SCC(=O)Nc3c2c(C)nn3-c2ccc(OC)cc2)ccc1O. The first kappa shape index (κ1) is 20.2. The Morgan fingerprint density at radius 1 is 1.27 bits per heavy atom. The van der Waals surface area contributed by atoms with Gasteiger partial charge >= 0.3 is 0 Å². The molecule has 1 aliphatic heterocycles. The lowest BCUT2D eigenvalue weighted by molar-refractivity contribution is -0.113. The number of carbonyl (C=O) groups is 1. The molecule has 4 rings (SSSR count). The second-order valence-electron chi connectivity index (χ2n) is 6.86. The van der Waals surface area contributed by atoms with Gasteiger partial charge in [0.2, 0.25) is 5.91 Å². The van der Waals surface area contributed by atoms with Gasteiger partial charge in [-0.15, -0.1) is 11.8 Å². The molecule has 30 heavy (non-hydrogen) atoms. The molecule has 3 aromatic rings. The highest BCUT2D eigenvalue weighted by molar-refractivity contribution is 8.00. The van der Waals surface area contributed by atoms with Crippen molar-refractivity contribution in [1.82, 2.24) is 9.78 Å². The second kappa shape index (κ2) is 8.31. The minimum atomic E-state index is -0.134. The molecule has 0 saturated heterocycles. The first-order valence-electron chi connectivity index (χ1n) is 9.63. The third-order valence-electron chi connectivity index (χ3n) is 4.91. The number of anilines is 1. The number of nitrogens with one attached hydrogen (secondary N) is 1. The average molecular weight is 426 g/mol. The number of methoxy groups -OCH3 is 1. The Labute approximate surface area is 179 Å². The summed E-state index contributed by atoms with van der Waals surface area (Å²) in [6.45, 7) is 4.26. The smallest absolute Gasteiger partial charge is 0.235 e. The fourth-order valence-electron chi connectivity index (χ4n) is 3.52. The van der Waals surface area contributed by atoms with E-state index in [2.05, 4.69) is 5.32 Å². The van der Waals surface area contributed by atoms with E-state index in [0.29, 0.717) is 23.9 Å². The molecule has 7 nitrogen and oxygen atoms in total. The summed E-state index contributed by atoms with van der Waals surface area (Å²) in [6.07, 6.45) is 0. The minimum Gasteiger partial charge on any atom is -0.504 e. The zero-order chi connectivity index (χ0) is 21.3. The van der Waals surface area contributed by atoms with Crippen LogP contribution < -0.4 is 14.8 Å². The fourth-order valence-corrected chi connectivity index (χ4v) is 4.70. The molecule has 0 spiro atoms. The van der Waals surface area contributed by atoms with Gasteiger partial charge in [-0.1, -0.05) is 6.07 Å². The number of rotatable bonds is 5. The number of amides is 1. The fraction of sp³-hybridized carbons (Fsp3) is 0.273. The molecule has 0 saturated carbocycles. The summed E-state index contributed by atoms with van der Waals surface area (Å²) >= 11 is 1.53. The van der Waals surface area contributed by atoms with E-state index in [0.717, 1.165) is 28.3 Å². The lowest BCUT2D eigenvalue weighted by Gasteiger charge is -2.17. The quantitative estimate of drug-likeness (QED) is 0.641. The van der Waals surface area contributed by atoms with Crippen molar-refractivity contribution in [1.29, 1.82) is 0 Å². The Balaban J connectivity index is 1.83. The van der Waals surface area contributed by atoms with Gasteiger partial charge in [0.25, 0.3) is 0 Å². The summed E-state index contributed by atoms with van der Waals surface area (Å²) in [5.74, 6) is 2.16. The molecule has 0 unspecified atom stereocenters. The molecular weight excluding hydrogens is 402 g/mol. The molecule has 8 heteroatoms. The molecule has 0 fully saturated rings. The van der Waals surface area contributed by atoms with Gasteiger partial charge in [0.1, 0.15) is 11.6 Å². The number of aromatic hydroxyl groups is 1. The van der Waals surface area contributed by atoms with Crippen molar-refractivity contribution >= 4 is 23.5 Å². The number of aryl methyl sites for hydroxylation is 1. The number of nitrogens with zero attached hydrogens (tertiary/aromatic N) is 2. The van der Waals surface area contributed by atoms with Gasteiger partial charge in [-0.3, -0.25) is 4.79 Å². The highest BCUT2D eigenvalue weighted by atomic mass is 32.2. The topological polar surface area (TPSA) is 85.6 Å². The van der Waals surface area contributed by atoms with Crippen LogP contribution in [-0.4, -0.2) is 40.3 Å². The number of thioether (sulfide) groups is 1. The summed E-state index contributed by atoms with van der Waals surface area (Å²) in [6, 6.07) is 12.8. The van der Waals surface area contributed by atoms with Crippen LogP contribution in [0.25, 0.3) is 5.69 Å². The Hall–Kier alpha value is -3.13. The first-order chi connectivity index (χ1) is 14.5. The van der Waals surface area contributed by atoms with E-state index in [4.69, 9.17) is 14.6 Å². The third-order valence-corrected chi connectivity index (χ3v) is 6.18. The molecular formula is C22H23N3O4S. The van der Waals surface area contributed by atoms with Crippen LogP contribution in [0, 0.1) is 6.92 Å². The maximum atomic E-state index is 12.5. The van der Waals surface area contributed by atoms with Gasteiger partial charge in [-0.25, -0.2) is 4.68 Å². The van der Waals surface area contributed by atoms with Gasteiger partial charge in [-0.2, -0.15) is 5.10 Å². The Bertz CT molecular complexity index is 1080. The van der Waals surface area contributed by atoms with Crippen LogP contribution in [-0.2, 0) is 4.79 Å². The van der Waals surface area contributed by atoms with Crippen molar-refractivity contribution in [3.63, 3.8) is 0 Å². The predicted octanol–water partition coefficient (Wildman–Crippen LogP) is 4.07. The summed E-state index contributed by atoms with van der Waals surface area (Å²) < 4.78 is 12.6. The molecule has 0 radical (unpaired) electrons. The summed E-state index contributed by atoms with van der Waals surface area (Å²) in [5.41, 5.74) is 3.53. The minimum absolute atomic E-state index is 0.0813. The summed E-state index contributed by atoms with van der Waals surface area (Å²) in [4.78, 5) is 12.5. The number of hydrogen-bond donors (Lipinski definition) is 2. The van der Waals surface area contributed by atoms with Gasteiger partial charge in [0.15, 0.2) is 11.5 Å². The summed E-state index contributed by atoms with van der Waals surface area (Å²) in [7, 11) is 1.62. The number of ether oxygens (including phenoxy) is 2. The molecule has 0 aliphatic carbocycles. The third kappa shape index (κ3) is 3.70. The number of benzene rings is 2. The molecule has 1 amide bonds. The standard InChI is InChI=1S/C22H23N3O4S/c1-4-29-18-11-14(5-10-17(18)26)21-20-13(2)24-25(22(20)23-19(27)12-30-21)15-6-8-16(28-3)9-7-15/h5-11,21,26H,4,12H2,1-3H3,(H,23,27)/t21-/m0/s1. The van der Waals surface area contributed by atoms with Crippen LogP contribution in [0.3, 0.4) is 0 Å². The van der Waals surface area contributed by atoms with Crippen LogP contribution in [0.4, 0.5) is 5.82 Å². The van der Waals surface area contributed by atoms with Crippen molar-refractivity contribution in [2.75, 3.05) is 24.8 Å². The predicted molar refractivity (Wildman–Crippen MR) is 117 cm³/mol. The van der Waals surface area contributed by atoms with E-state index >= 15 is 0 Å². The number of carbonyl (C=O) groups excluding carboxylic acids is 1. The molecule has 156 valence electrons.